The molecule has 4 nitrogen and oxygen atoms in total. The molecule has 3 aromatic carbocycles. The highest BCUT2D eigenvalue weighted by atomic mass is 79.9. The van der Waals surface area contributed by atoms with Crippen molar-refractivity contribution in [2.45, 2.75) is 33.5 Å². The Bertz CT molecular complexity index is 1260. The summed E-state index contributed by atoms with van der Waals surface area (Å²) in [4.78, 5) is 0. The van der Waals surface area contributed by atoms with Crippen molar-refractivity contribution < 1.29 is 4.74 Å². The monoisotopic (exact) mass is 473 g/mol. The third-order valence-corrected chi connectivity index (χ3v) is 6.12. The standard InChI is InChI=1S/C26H24BrN3O/c1-16-11-17(2)25-23(12-16)24-13-18(3)29-30(24)26(28-25)20-7-9-22(10-8-20)31-15-19-5-4-6-21(27)14-19/h4-14,26,28H,15H2,1-3H3. The van der Waals surface area contributed by atoms with Gasteiger partial charge in [-0.05, 0) is 73.9 Å². The van der Waals surface area contributed by atoms with Gasteiger partial charge in [0.25, 0.3) is 0 Å². The van der Waals surface area contributed by atoms with Crippen molar-refractivity contribution in [2.75, 3.05) is 5.32 Å². The van der Waals surface area contributed by atoms with Crippen LogP contribution in [0.4, 0.5) is 5.69 Å². The lowest BCUT2D eigenvalue weighted by Gasteiger charge is -2.31. The fraction of sp³-hybridized carbons (Fsp3) is 0.192. The van der Waals surface area contributed by atoms with Crippen molar-refractivity contribution in [1.29, 1.82) is 0 Å². The summed E-state index contributed by atoms with van der Waals surface area (Å²) in [6.45, 7) is 6.88. The fourth-order valence-corrected chi connectivity index (χ4v) is 4.68. The molecule has 0 aliphatic carbocycles. The second-order valence-electron chi connectivity index (χ2n) is 8.15. The highest BCUT2D eigenvalue weighted by Crippen LogP contribution is 2.41. The largest absolute Gasteiger partial charge is 0.489 e. The highest BCUT2D eigenvalue weighted by Gasteiger charge is 2.27. The number of nitrogens with one attached hydrogen (secondary N) is 1. The molecule has 0 saturated carbocycles. The molecule has 1 unspecified atom stereocenters. The summed E-state index contributed by atoms with van der Waals surface area (Å²) in [6.07, 6.45) is -0.0586. The molecule has 0 saturated heterocycles. The molecule has 1 aromatic heterocycles. The Labute approximate surface area is 191 Å². The summed E-state index contributed by atoms with van der Waals surface area (Å²) in [5.41, 5.74) is 9.34. The number of rotatable bonds is 4. The second kappa shape index (κ2) is 7.89. The van der Waals surface area contributed by atoms with E-state index in [-0.39, 0.29) is 6.17 Å². The molecular formula is C26H24BrN3O. The van der Waals surface area contributed by atoms with E-state index in [4.69, 9.17) is 9.84 Å². The number of hydrogen-bond donors (Lipinski definition) is 1. The van der Waals surface area contributed by atoms with Crippen LogP contribution in [-0.4, -0.2) is 9.78 Å². The van der Waals surface area contributed by atoms with Gasteiger partial charge >= 0.3 is 0 Å². The van der Waals surface area contributed by atoms with Crippen molar-refractivity contribution >= 4 is 21.6 Å². The molecule has 1 aliphatic rings. The van der Waals surface area contributed by atoms with Gasteiger partial charge in [-0.1, -0.05) is 51.8 Å². The van der Waals surface area contributed by atoms with E-state index in [2.05, 4.69) is 82.2 Å². The zero-order valence-electron chi connectivity index (χ0n) is 17.8. The first kappa shape index (κ1) is 19.9. The molecule has 0 amide bonds. The molecule has 2 heterocycles. The van der Waals surface area contributed by atoms with Crippen LogP contribution in [0.15, 0.2) is 71.2 Å². The van der Waals surface area contributed by atoms with Crippen LogP contribution in [0.3, 0.4) is 0 Å². The Morgan fingerprint density at radius 2 is 1.81 bits per heavy atom. The van der Waals surface area contributed by atoms with Crippen molar-refractivity contribution in [3.8, 4) is 17.0 Å². The molecule has 1 atom stereocenters. The number of benzene rings is 3. The molecule has 1 aliphatic heterocycles. The van der Waals surface area contributed by atoms with Gasteiger partial charge in [-0.3, -0.25) is 0 Å². The maximum Gasteiger partial charge on any atom is 0.147 e. The number of nitrogens with zero attached hydrogens (tertiary/aromatic N) is 2. The minimum absolute atomic E-state index is 0.0586. The second-order valence-corrected chi connectivity index (χ2v) is 9.07. The van der Waals surface area contributed by atoms with Gasteiger partial charge in [-0.25, -0.2) is 4.68 Å². The average molecular weight is 474 g/mol. The van der Waals surface area contributed by atoms with Gasteiger partial charge in [0.05, 0.1) is 11.4 Å². The molecule has 5 rings (SSSR count). The SMILES string of the molecule is Cc1cc(C)c2c(c1)-c1cc(C)nn1C(c1ccc(OCc3cccc(Br)c3)cc1)N2. The molecule has 0 fully saturated rings. The van der Waals surface area contributed by atoms with Crippen LogP contribution in [0, 0.1) is 20.8 Å². The van der Waals surface area contributed by atoms with E-state index in [1.807, 2.05) is 31.2 Å². The van der Waals surface area contributed by atoms with E-state index >= 15 is 0 Å². The molecule has 0 radical (unpaired) electrons. The third-order valence-electron chi connectivity index (χ3n) is 5.63. The first-order valence-electron chi connectivity index (χ1n) is 10.4. The summed E-state index contributed by atoms with van der Waals surface area (Å²) < 4.78 is 9.14. The molecule has 0 spiro atoms. The van der Waals surface area contributed by atoms with E-state index in [0.29, 0.717) is 6.61 Å². The van der Waals surface area contributed by atoms with Crippen molar-refractivity contribution in [2.24, 2.45) is 0 Å². The van der Waals surface area contributed by atoms with E-state index < -0.39 is 0 Å². The zero-order valence-corrected chi connectivity index (χ0v) is 19.4. The Morgan fingerprint density at radius 3 is 2.58 bits per heavy atom. The van der Waals surface area contributed by atoms with Crippen LogP contribution in [0.1, 0.15) is 34.1 Å². The predicted molar refractivity (Wildman–Crippen MR) is 129 cm³/mol. The van der Waals surface area contributed by atoms with Crippen LogP contribution in [-0.2, 0) is 6.61 Å². The van der Waals surface area contributed by atoms with E-state index in [0.717, 1.165) is 32.7 Å². The number of halogens is 1. The summed E-state index contributed by atoms with van der Waals surface area (Å²) >= 11 is 3.51. The van der Waals surface area contributed by atoms with Gasteiger partial charge in [-0.2, -0.15) is 5.10 Å². The van der Waals surface area contributed by atoms with Crippen molar-refractivity contribution in [1.82, 2.24) is 9.78 Å². The third kappa shape index (κ3) is 3.86. The molecule has 156 valence electrons. The Hall–Kier alpha value is -3.05. The number of aryl methyl sites for hydroxylation is 3. The highest BCUT2D eigenvalue weighted by molar-refractivity contribution is 9.10. The minimum Gasteiger partial charge on any atom is -0.489 e. The van der Waals surface area contributed by atoms with Gasteiger partial charge < -0.3 is 10.1 Å². The normalized spacial score (nSPS) is 14.5. The quantitative estimate of drug-likeness (QED) is 0.354. The molecule has 1 N–H and O–H groups in total. The molecule has 4 aromatic rings. The average Bonchev–Trinajstić information content (AvgIpc) is 3.14. The lowest BCUT2D eigenvalue weighted by Crippen LogP contribution is -2.26. The van der Waals surface area contributed by atoms with Crippen molar-refractivity contribution in [3.63, 3.8) is 0 Å². The van der Waals surface area contributed by atoms with Crippen LogP contribution >= 0.6 is 15.9 Å². The Morgan fingerprint density at radius 1 is 1.00 bits per heavy atom. The summed E-state index contributed by atoms with van der Waals surface area (Å²) in [5.74, 6) is 0.851. The van der Waals surface area contributed by atoms with Crippen LogP contribution in [0.2, 0.25) is 0 Å². The summed E-state index contributed by atoms with van der Waals surface area (Å²) in [6, 6.07) is 23.1. The number of fused-ring (bicyclic) bond motifs is 3. The number of hydrogen-bond acceptors (Lipinski definition) is 3. The maximum absolute atomic E-state index is 5.99. The lowest BCUT2D eigenvalue weighted by atomic mass is 9.98. The topological polar surface area (TPSA) is 39.1 Å². The zero-order chi connectivity index (χ0) is 21.5. The van der Waals surface area contributed by atoms with E-state index in [1.165, 1.54) is 22.4 Å². The van der Waals surface area contributed by atoms with E-state index in [1.54, 1.807) is 0 Å². The minimum atomic E-state index is -0.0586. The van der Waals surface area contributed by atoms with Gasteiger partial charge in [0.15, 0.2) is 0 Å². The van der Waals surface area contributed by atoms with Gasteiger partial charge in [0.2, 0.25) is 0 Å². The van der Waals surface area contributed by atoms with Gasteiger partial charge in [0.1, 0.15) is 18.5 Å². The number of ether oxygens (including phenoxy) is 1. The Balaban J connectivity index is 1.42. The van der Waals surface area contributed by atoms with Gasteiger partial charge in [0, 0.05) is 15.7 Å². The van der Waals surface area contributed by atoms with Crippen LogP contribution in [0.25, 0.3) is 11.3 Å². The van der Waals surface area contributed by atoms with Crippen molar-refractivity contribution in [3.05, 3.63) is 99.2 Å². The van der Waals surface area contributed by atoms with E-state index in [9.17, 15) is 0 Å². The predicted octanol–water partition coefficient (Wildman–Crippen LogP) is 6.79. The smallest absolute Gasteiger partial charge is 0.147 e. The number of aromatic nitrogens is 2. The van der Waals surface area contributed by atoms with Crippen LogP contribution in [0.5, 0.6) is 5.75 Å². The lowest BCUT2D eigenvalue weighted by molar-refractivity contribution is 0.306. The molecule has 0 bridgehead atoms. The first-order valence-corrected chi connectivity index (χ1v) is 11.2. The molecule has 5 heteroatoms. The molecule has 31 heavy (non-hydrogen) atoms. The maximum atomic E-state index is 5.99. The summed E-state index contributed by atoms with van der Waals surface area (Å²) in [7, 11) is 0. The Kier molecular flexibility index (Phi) is 5.06. The fourth-order valence-electron chi connectivity index (χ4n) is 4.24. The molecular weight excluding hydrogens is 450 g/mol. The van der Waals surface area contributed by atoms with Gasteiger partial charge in [-0.15, -0.1) is 0 Å². The number of anilines is 1. The first-order chi connectivity index (χ1) is 15.0. The van der Waals surface area contributed by atoms with Crippen LogP contribution < -0.4 is 10.1 Å². The summed E-state index contributed by atoms with van der Waals surface area (Å²) in [5, 5.41) is 8.51.